The molecule has 0 aliphatic rings. The molecule has 0 atom stereocenters. The number of nitrogens with zero attached hydrogens (tertiary/aromatic N) is 2. The van der Waals surface area contributed by atoms with Gasteiger partial charge in [0.05, 0.1) is 16.8 Å². The van der Waals surface area contributed by atoms with Crippen molar-refractivity contribution in [2.45, 2.75) is 12.1 Å². The molecule has 0 radical (unpaired) electrons. The van der Waals surface area contributed by atoms with Crippen molar-refractivity contribution in [2.24, 2.45) is 7.05 Å². The minimum Gasteiger partial charge on any atom is -0.322 e. The number of hydrogen-bond acceptors (Lipinski definition) is 4. The fourth-order valence-corrected chi connectivity index (χ4v) is 4.13. The minimum atomic E-state index is -2.92. The van der Waals surface area contributed by atoms with Gasteiger partial charge in [0, 0.05) is 23.6 Å². The summed E-state index contributed by atoms with van der Waals surface area (Å²) in [6.45, 7) is 1.66. The summed E-state index contributed by atoms with van der Waals surface area (Å²) < 4.78 is 24.8. The standard InChI is InChI=1S/C12H15ClN2O2S2/c1-3-19(16,17)7-6-18-12-14-10-8-9(13)4-5-11(10)15(12)2/h4-5,8H,3,6-7H2,1-2H3. The van der Waals surface area contributed by atoms with E-state index in [-0.39, 0.29) is 11.5 Å². The molecule has 1 aromatic carbocycles. The number of fused-ring (bicyclic) bond motifs is 1. The minimum absolute atomic E-state index is 0.179. The number of aromatic nitrogens is 2. The highest BCUT2D eigenvalue weighted by molar-refractivity contribution is 8.00. The van der Waals surface area contributed by atoms with Gasteiger partial charge in [-0.15, -0.1) is 0 Å². The van der Waals surface area contributed by atoms with E-state index in [0.29, 0.717) is 10.8 Å². The van der Waals surface area contributed by atoms with Crippen LogP contribution in [0.4, 0.5) is 0 Å². The molecular formula is C12H15ClN2O2S2. The molecule has 104 valence electrons. The molecule has 0 amide bonds. The van der Waals surface area contributed by atoms with E-state index in [0.717, 1.165) is 16.2 Å². The van der Waals surface area contributed by atoms with Gasteiger partial charge in [0.1, 0.15) is 0 Å². The third-order valence-electron chi connectivity index (χ3n) is 2.87. The maximum absolute atomic E-state index is 11.4. The van der Waals surface area contributed by atoms with Gasteiger partial charge in [-0.3, -0.25) is 0 Å². The van der Waals surface area contributed by atoms with Crippen molar-refractivity contribution in [1.29, 1.82) is 0 Å². The lowest BCUT2D eigenvalue weighted by molar-refractivity contribution is 0.598. The number of thioether (sulfide) groups is 1. The van der Waals surface area contributed by atoms with Crippen LogP contribution in [0.1, 0.15) is 6.92 Å². The van der Waals surface area contributed by atoms with Crippen molar-refractivity contribution >= 4 is 44.2 Å². The highest BCUT2D eigenvalue weighted by Crippen LogP contribution is 2.25. The summed E-state index contributed by atoms with van der Waals surface area (Å²) >= 11 is 7.38. The summed E-state index contributed by atoms with van der Waals surface area (Å²) in [4.78, 5) is 4.47. The Morgan fingerprint density at radius 1 is 1.42 bits per heavy atom. The quantitative estimate of drug-likeness (QED) is 0.795. The summed E-state index contributed by atoms with van der Waals surface area (Å²) in [5.41, 5.74) is 1.82. The lowest BCUT2D eigenvalue weighted by atomic mass is 10.3. The molecule has 0 bridgehead atoms. The first-order valence-corrected chi connectivity index (χ1v) is 9.06. The van der Waals surface area contributed by atoms with Crippen LogP contribution in [0.2, 0.25) is 5.02 Å². The number of benzene rings is 1. The van der Waals surface area contributed by atoms with E-state index in [9.17, 15) is 8.42 Å². The second-order valence-corrected chi connectivity index (χ2v) is 8.14. The third-order valence-corrected chi connectivity index (χ3v) is 6.10. The highest BCUT2D eigenvalue weighted by Gasteiger charge is 2.11. The Balaban J connectivity index is 2.15. The number of imidazole rings is 1. The summed E-state index contributed by atoms with van der Waals surface area (Å²) in [6, 6.07) is 5.54. The first kappa shape index (κ1) is 14.7. The maximum Gasteiger partial charge on any atom is 0.168 e. The number of sulfone groups is 1. The van der Waals surface area contributed by atoms with E-state index in [2.05, 4.69) is 4.98 Å². The second-order valence-electron chi connectivity index (χ2n) is 4.17. The Morgan fingerprint density at radius 3 is 2.84 bits per heavy atom. The van der Waals surface area contributed by atoms with Gasteiger partial charge in [0.15, 0.2) is 15.0 Å². The average molecular weight is 319 g/mol. The molecule has 0 fully saturated rings. The van der Waals surface area contributed by atoms with Crippen molar-refractivity contribution < 1.29 is 8.42 Å². The fourth-order valence-electron chi connectivity index (χ4n) is 1.68. The molecule has 0 unspecified atom stereocenters. The van der Waals surface area contributed by atoms with Crippen LogP contribution in [0.25, 0.3) is 11.0 Å². The molecule has 1 aromatic heterocycles. The first-order chi connectivity index (χ1) is 8.93. The Kier molecular flexibility index (Phi) is 4.43. The van der Waals surface area contributed by atoms with Gasteiger partial charge in [0.2, 0.25) is 0 Å². The zero-order valence-electron chi connectivity index (χ0n) is 10.8. The lowest BCUT2D eigenvalue weighted by Gasteiger charge is -2.02. The Morgan fingerprint density at radius 2 is 2.16 bits per heavy atom. The van der Waals surface area contributed by atoms with Crippen molar-refractivity contribution in [3.63, 3.8) is 0 Å². The van der Waals surface area contributed by atoms with Crippen LogP contribution in [-0.4, -0.2) is 35.2 Å². The molecule has 0 saturated heterocycles. The Labute approximate surface area is 122 Å². The Hall–Kier alpha value is -0.720. The van der Waals surface area contributed by atoms with Crippen LogP contribution in [0.3, 0.4) is 0 Å². The molecule has 0 N–H and O–H groups in total. The van der Waals surface area contributed by atoms with Crippen LogP contribution in [0, 0.1) is 0 Å². The maximum atomic E-state index is 11.4. The zero-order valence-corrected chi connectivity index (χ0v) is 13.1. The molecular weight excluding hydrogens is 304 g/mol. The largest absolute Gasteiger partial charge is 0.322 e. The van der Waals surface area contributed by atoms with E-state index < -0.39 is 9.84 Å². The first-order valence-electron chi connectivity index (χ1n) is 5.88. The Bertz CT molecular complexity index is 695. The van der Waals surface area contributed by atoms with Gasteiger partial charge < -0.3 is 4.57 Å². The van der Waals surface area contributed by atoms with E-state index in [1.54, 1.807) is 6.92 Å². The van der Waals surface area contributed by atoms with Gasteiger partial charge in [-0.05, 0) is 18.2 Å². The second kappa shape index (κ2) is 5.73. The van der Waals surface area contributed by atoms with Gasteiger partial charge in [-0.1, -0.05) is 30.3 Å². The van der Waals surface area contributed by atoms with Gasteiger partial charge in [-0.2, -0.15) is 0 Å². The van der Waals surface area contributed by atoms with Crippen molar-refractivity contribution in [2.75, 3.05) is 17.3 Å². The van der Waals surface area contributed by atoms with Gasteiger partial charge in [-0.25, -0.2) is 13.4 Å². The molecule has 7 heteroatoms. The van der Waals surface area contributed by atoms with Crippen molar-refractivity contribution in [1.82, 2.24) is 9.55 Å². The summed E-state index contributed by atoms with van der Waals surface area (Å²) in [5, 5.41) is 1.46. The van der Waals surface area contributed by atoms with Crippen LogP contribution in [0.5, 0.6) is 0 Å². The van der Waals surface area contributed by atoms with E-state index in [4.69, 9.17) is 11.6 Å². The van der Waals surface area contributed by atoms with E-state index >= 15 is 0 Å². The molecule has 0 aliphatic carbocycles. The van der Waals surface area contributed by atoms with Crippen molar-refractivity contribution in [3.8, 4) is 0 Å². The van der Waals surface area contributed by atoms with Gasteiger partial charge in [0.25, 0.3) is 0 Å². The summed E-state index contributed by atoms with van der Waals surface area (Å²) in [6.07, 6.45) is 0. The molecule has 2 aromatic rings. The monoisotopic (exact) mass is 318 g/mol. The molecule has 0 saturated carbocycles. The topological polar surface area (TPSA) is 52.0 Å². The number of rotatable bonds is 5. The van der Waals surface area contributed by atoms with Gasteiger partial charge >= 0.3 is 0 Å². The molecule has 19 heavy (non-hydrogen) atoms. The molecule has 4 nitrogen and oxygen atoms in total. The van der Waals surface area contributed by atoms with E-state index in [1.165, 1.54) is 11.8 Å². The van der Waals surface area contributed by atoms with E-state index in [1.807, 2.05) is 29.8 Å². The van der Waals surface area contributed by atoms with Crippen LogP contribution in [0.15, 0.2) is 23.4 Å². The highest BCUT2D eigenvalue weighted by atomic mass is 35.5. The van der Waals surface area contributed by atoms with Crippen LogP contribution in [-0.2, 0) is 16.9 Å². The molecule has 0 spiro atoms. The summed E-state index contributed by atoms with van der Waals surface area (Å²) in [5.74, 6) is 0.880. The number of aryl methyl sites for hydroxylation is 1. The predicted octanol–water partition coefficient (Wildman–Crippen LogP) is 2.75. The third kappa shape index (κ3) is 3.43. The summed E-state index contributed by atoms with van der Waals surface area (Å²) in [7, 11) is -1.00. The zero-order chi connectivity index (χ0) is 14.0. The molecule has 1 heterocycles. The average Bonchev–Trinajstić information content (AvgIpc) is 2.66. The number of hydrogen-bond donors (Lipinski definition) is 0. The molecule has 2 rings (SSSR count). The molecule has 0 aliphatic heterocycles. The number of halogens is 1. The smallest absolute Gasteiger partial charge is 0.168 e. The lowest BCUT2D eigenvalue weighted by Crippen LogP contribution is -2.10. The van der Waals surface area contributed by atoms with Crippen LogP contribution < -0.4 is 0 Å². The van der Waals surface area contributed by atoms with Crippen molar-refractivity contribution in [3.05, 3.63) is 23.2 Å². The predicted molar refractivity (Wildman–Crippen MR) is 80.8 cm³/mol. The van der Waals surface area contributed by atoms with Crippen LogP contribution >= 0.6 is 23.4 Å². The normalized spacial score (nSPS) is 12.2. The SMILES string of the molecule is CCS(=O)(=O)CCSc1nc2cc(Cl)ccc2n1C. The fraction of sp³-hybridized carbons (Fsp3) is 0.417.